The van der Waals surface area contributed by atoms with E-state index in [0.29, 0.717) is 11.3 Å². The standard InChI is InChI=1S/C16H23N3O/c1-4-9-19(10-5-2)13(3)16(20)18-15-8-6-7-14(11-15)12-17/h6-8,11,13H,4-5,9-10H2,1-3H3,(H,18,20). The van der Waals surface area contributed by atoms with Crippen molar-refractivity contribution in [1.29, 1.82) is 5.26 Å². The van der Waals surface area contributed by atoms with Crippen molar-refractivity contribution in [2.24, 2.45) is 0 Å². The van der Waals surface area contributed by atoms with Gasteiger partial charge in [0.2, 0.25) is 5.91 Å². The van der Waals surface area contributed by atoms with Gasteiger partial charge in [-0.05, 0) is 51.1 Å². The van der Waals surface area contributed by atoms with Gasteiger partial charge >= 0.3 is 0 Å². The Bertz CT molecular complexity index is 473. The van der Waals surface area contributed by atoms with E-state index in [1.165, 1.54) is 0 Å². The summed E-state index contributed by atoms with van der Waals surface area (Å²) in [5, 5.41) is 11.7. The molecular weight excluding hydrogens is 250 g/mol. The zero-order valence-corrected chi connectivity index (χ0v) is 12.5. The van der Waals surface area contributed by atoms with E-state index in [0.717, 1.165) is 25.9 Å². The molecule has 0 radical (unpaired) electrons. The monoisotopic (exact) mass is 273 g/mol. The topological polar surface area (TPSA) is 56.1 Å². The maximum Gasteiger partial charge on any atom is 0.241 e. The van der Waals surface area contributed by atoms with E-state index >= 15 is 0 Å². The quantitative estimate of drug-likeness (QED) is 0.831. The Labute approximate surface area is 121 Å². The van der Waals surface area contributed by atoms with E-state index in [1.807, 2.05) is 6.92 Å². The number of amides is 1. The number of rotatable bonds is 7. The fourth-order valence-electron chi connectivity index (χ4n) is 2.15. The molecule has 0 aliphatic heterocycles. The molecule has 0 saturated heterocycles. The molecule has 4 nitrogen and oxygen atoms in total. The molecule has 0 aliphatic rings. The molecule has 1 rings (SSSR count). The van der Waals surface area contributed by atoms with Crippen LogP contribution in [0.5, 0.6) is 0 Å². The van der Waals surface area contributed by atoms with Crippen LogP contribution >= 0.6 is 0 Å². The van der Waals surface area contributed by atoms with Crippen LogP contribution in [-0.2, 0) is 4.79 Å². The minimum atomic E-state index is -0.166. The normalized spacial score (nSPS) is 11.9. The fraction of sp³-hybridized carbons (Fsp3) is 0.500. The minimum Gasteiger partial charge on any atom is -0.325 e. The Morgan fingerprint density at radius 1 is 1.35 bits per heavy atom. The van der Waals surface area contributed by atoms with Gasteiger partial charge in [-0.1, -0.05) is 19.9 Å². The minimum absolute atomic E-state index is 0.0259. The first-order valence-electron chi connectivity index (χ1n) is 7.17. The Morgan fingerprint density at radius 2 is 2.00 bits per heavy atom. The van der Waals surface area contributed by atoms with Crippen molar-refractivity contribution in [3.8, 4) is 6.07 Å². The zero-order chi connectivity index (χ0) is 15.0. The lowest BCUT2D eigenvalue weighted by Crippen LogP contribution is -2.42. The molecule has 1 amide bonds. The maximum absolute atomic E-state index is 12.3. The molecule has 0 aromatic heterocycles. The summed E-state index contributed by atoms with van der Waals surface area (Å²) in [6, 6.07) is 8.89. The van der Waals surface area contributed by atoms with Crippen molar-refractivity contribution in [1.82, 2.24) is 4.90 Å². The van der Waals surface area contributed by atoms with Gasteiger partial charge in [0.25, 0.3) is 0 Å². The van der Waals surface area contributed by atoms with Gasteiger partial charge in [0, 0.05) is 5.69 Å². The molecule has 1 atom stereocenters. The number of carbonyl (C=O) groups excluding carboxylic acids is 1. The third-order valence-corrected chi connectivity index (χ3v) is 3.21. The molecule has 0 bridgehead atoms. The van der Waals surface area contributed by atoms with Crippen LogP contribution in [0.1, 0.15) is 39.2 Å². The second-order valence-electron chi connectivity index (χ2n) is 4.89. The van der Waals surface area contributed by atoms with Gasteiger partial charge in [-0.15, -0.1) is 0 Å². The summed E-state index contributed by atoms with van der Waals surface area (Å²) in [5.74, 6) is -0.0259. The van der Waals surface area contributed by atoms with Crippen molar-refractivity contribution in [3.63, 3.8) is 0 Å². The Kier molecular flexibility index (Phi) is 6.75. The van der Waals surface area contributed by atoms with Crippen molar-refractivity contribution < 1.29 is 4.79 Å². The first-order valence-corrected chi connectivity index (χ1v) is 7.17. The van der Waals surface area contributed by atoms with E-state index in [-0.39, 0.29) is 11.9 Å². The van der Waals surface area contributed by atoms with Crippen LogP contribution in [0.2, 0.25) is 0 Å². The molecule has 1 unspecified atom stereocenters. The first kappa shape index (κ1) is 16.2. The van der Waals surface area contributed by atoms with E-state index < -0.39 is 0 Å². The van der Waals surface area contributed by atoms with Gasteiger partial charge in [-0.2, -0.15) is 5.26 Å². The maximum atomic E-state index is 12.3. The molecule has 4 heteroatoms. The van der Waals surface area contributed by atoms with Crippen LogP contribution < -0.4 is 5.32 Å². The van der Waals surface area contributed by atoms with Crippen molar-refractivity contribution >= 4 is 11.6 Å². The summed E-state index contributed by atoms with van der Waals surface area (Å²) < 4.78 is 0. The molecule has 0 fully saturated rings. The third-order valence-electron chi connectivity index (χ3n) is 3.21. The van der Waals surface area contributed by atoms with E-state index in [9.17, 15) is 4.79 Å². The number of hydrogen-bond acceptors (Lipinski definition) is 3. The number of carbonyl (C=O) groups is 1. The molecule has 0 saturated carbocycles. The largest absolute Gasteiger partial charge is 0.325 e. The third kappa shape index (κ3) is 4.67. The molecule has 20 heavy (non-hydrogen) atoms. The van der Waals surface area contributed by atoms with Gasteiger partial charge in [0.05, 0.1) is 17.7 Å². The zero-order valence-electron chi connectivity index (χ0n) is 12.5. The van der Waals surface area contributed by atoms with Gasteiger partial charge in [0.1, 0.15) is 0 Å². The highest BCUT2D eigenvalue weighted by atomic mass is 16.2. The fourth-order valence-corrected chi connectivity index (χ4v) is 2.15. The number of benzene rings is 1. The van der Waals surface area contributed by atoms with Crippen LogP contribution in [-0.4, -0.2) is 29.9 Å². The Hall–Kier alpha value is -1.86. The summed E-state index contributed by atoms with van der Waals surface area (Å²) in [6.07, 6.45) is 2.06. The molecule has 108 valence electrons. The molecule has 1 N–H and O–H groups in total. The van der Waals surface area contributed by atoms with Crippen LogP contribution in [0.25, 0.3) is 0 Å². The molecule has 0 spiro atoms. The van der Waals surface area contributed by atoms with Crippen molar-refractivity contribution in [2.75, 3.05) is 18.4 Å². The molecule has 0 aliphatic carbocycles. The number of hydrogen-bond donors (Lipinski definition) is 1. The highest BCUT2D eigenvalue weighted by Gasteiger charge is 2.19. The highest BCUT2D eigenvalue weighted by molar-refractivity contribution is 5.94. The summed E-state index contributed by atoms with van der Waals surface area (Å²) >= 11 is 0. The molecule has 1 aromatic carbocycles. The summed E-state index contributed by atoms with van der Waals surface area (Å²) in [7, 11) is 0. The average molecular weight is 273 g/mol. The molecule has 1 aromatic rings. The van der Waals surface area contributed by atoms with Crippen molar-refractivity contribution in [3.05, 3.63) is 29.8 Å². The van der Waals surface area contributed by atoms with Gasteiger partial charge in [0.15, 0.2) is 0 Å². The number of nitrogens with one attached hydrogen (secondary N) is 1. The second-order valence-corrected chi connectivity index (χ2v) is 4.89. The predicted octanol–water partition coefficient (Wildman–Crippen LogP) is 3.01. The smallest absolute Gasteiger partial charge is 0.241 e. The number of nitrogens with zero attached hydrogens (tertiary/aromatic N) is 2. The first-order chi connectivity index (χ1) is 9.62. The Morgan fingerprint density at radius 3 is 2.55 bits per heavy atom. The summed E-state index contributed by atoms with van der Waals surface area (Å²) in [4.78, 5) is 14.5. The van der Waals surface area contributed by atoms with Crippen LogP contribution in [0.4, 0.5) is 5.69 Å². The van der Waals surface area contributed by atoms with E-state index in [4.69, 9.17) is 5.26 Å². The van der Waals surface area contributed by atoms with Crippen LogP contribution in [0.3, 0.4) is 0 Å². The lowest BCUT2D eigenvalue weighted by atomic mass is 10.2. The van der Waals surface area contributed by atoms with Gasteiger partial charge in [-0.3, -0.25) is 9.69 Å². The Balaban J connectivity index is 2.70. The van der Waals surface area contributed by atoms with Gasteiger partial charge < -0.3 is 5.32 Å². The van der Waals surface area contributed by atoms with Crippen molar-refractivity contribution in [2.45, 2.75) is 39.7 Å². The lowest BCUT2D eigenvalue weighted by Gasteiger charge is -2.27. The molecule has 0 heterocycles. The number of anilines is 1. The predicted molar refractivity (Wildman–Crippen MR) is 81.4 cm³/mol. The van der Waals surface area contributed by atoms with Crippen LogP contribution in [0, 0.1) is 11.3 Å². The summed E-state index contributed by atoms with van der Waals surface area (Å²) in [6.45, 7) is 7.99. The highest BCUT2D eigenvalue weighted by Crippen LogP contribution is 2.12. The van der Waals surface area contributed by atoms with Crippen LogP contribution in [0.15, 0.2) is 24.3 Å². The SMILES string of the molecule is CCCN(CCC)C(C)C(=O)Nc1cccc(C#N)c1. The number of nitriles is 1. The van der Waals surface area contributed by atoms with E-state index in [1.54, 1.807) is 24.3 Å². The molecular formula is C16H23N3O. The van der Waals surface area contributed by atoms with E-state index in [2.05, 4.69) is 30.1 Å². The average Bonchev–Trinajstić information content (AvgIpc) is 2.46. The lowest BCUT2D eigenvalue weighted by molar-refractivity contribution is -0.120. The second kappa shape index (κ2) is 8.34. The van der Waals surface area contributed by atoms with Gasteiger partial charge in [-0.25, -0.2) is 0 Å². The summed E-state index contributed by atoms with van der Waals surface area (Å²) in [5.41, 5.74) is 1.23.